The predicted molar refractivity (Wildman–Crippen MR) is 92.2 cm³/mol. The van der Waals surface area contributed by atoms with E-state index in [9.17, 15) is 13.2 Å². The molecule has 0 atom stereocenters. The first-order chi connectivity index (χ1) is 10.3. The van der Waals surface area contributed by atoms with E-state index < -0.39 is 21.5 Å². The van der Waals surface area contributed by atoms with E-state index >= 15 is 0 Å². The lowest BCUT2D eigenvalue weighted by Crippen LogP contribution is -2.25. The van der Waals surface area contributed by atoms with Gasteiger partial charge in [-0.15, -0.1) is 6.58 Å². The van der Waals surface area contributed by atoms with Gasteiger partial charge < -0.3 is 10.2 Å². The number of nitrogens with one attached hydrogen (secondary N) is 1. The Morgan fingerprint density at radius 1 is 1.32 bits per heavy atom. The molecule has 0 aliphatic heterocycles. The third kappa shape index (κ3) is 5.18. The molecule has 0 spiro atoms. The summed E-state index contributed by atoms with van der Waals surface area (Å²) < 4.78 is 23.2. The van der Waals surface area contributed by atoms with Crippen LogP contribution in [0.5, 0.6) is 0 Å². The molecule has 6 heteroatoms. The van der Waals surface area contributed by atoms with Crippen LogP contribution >= 0.6 is 0 Å². The minimum atomic E-state index is -3.43. The minimum Gasteiger partial charge on any atom is -0.372 e. The molecule has 1 N–H and O–H groups in total. The molecule has 0 fully saturated rings. The monoisotopic (exact) mass is 324 g/mol. The van der Waals surface area contributed by atoms with E-state index in [1.807, 2.05) is 19.1 Å². The molecule has 1 rings (SSSR count). The second-order valence-corrected chi connectivity index (χ2v) is 7.17. The fourth-order valence-corrected chi connectivity index (χ4v) is 3.15. The van der Waals surface area contributed by atoms with Crippen molar-refractivity contribution < 1.29 is 13.2 Å². The maximum Gasteiger partial charge on any atom is 0.239 e. The first-order valence-corrected chi connectivity index (χ1v) is 9.11. The van der Waals surface area contributed by atoms with Crippen molar-refractivity contribution in [3.63, 3.8) is 0 Å². The Morgan fingerprint density at radius 3 is 2.45 bits per heavy atom. The number of carbonyl (C=O) groups is 1. The summed E-state index contributed by atoms with van der Waals surface area (Å²) in [5.41, 5.74) is 2.62. The smallest absolute Gasteiger partial charge is 0.239 e. The molecule has 0 aromatic heterocycles. The molecule has 22 heavy (non-hydrogen) atoms. The maximum atomic E-state index is 11.9. The van der Waals surface area contributed by atoms with E-state index in [1.165, 1.54) is 6.08 Å². The van der Waals surface area contributed by atoms with Crippen molar-refractivity contribution in [2.24, 2.45) is 0 Å². The van der Waals surface area contributed by atoms with Gasteiger partial charge in [0.15, 0.2) is 9.84 Å². The second-order valence-electron chi connectivity index (χ2n) is 5.06. The molecule has 1 aromatic rings. The Morgan fingerprint density at radius 2 is 1.95 bits per heavy atom. The average molecular weight is 324 g/mol. The molecule has 1 aromatic carbocycles. The largest absolute Gasteiger partial charge is 0.372 e. The third-order valence-electron chi connectivity index (χ3n) is 3.34. The summed E-state index contributed by atoms with van der Waals surface area (Å²) in [5, 5.41) is 2.66. The van der Waals surface area contributed by atoms with E-state index in [1.54, 1.807) is 6.07 Å². The first kappa shape index (κ1) is 18.2. The molecule has 0 saturated heterocycles. The number of nitrogens with zero attached hydrogens (tertiary/aromatic N) is 1. The molecule has 0 radical (unpaired) electrons. The lowest BCUT2D eigenvalue weighted by atomic mass is 10.1. The van der Waals surface area contributed by atoms with Crippen molar-refractivity contribution in [2.45, 2.75) is 20.8 Å². The van der Waals surface area contributed by atoms with E-state index in [-0.39, 0.29) is 5.75 Å². The fourth-order valence-electron chi connectivity index (χ4n) is 2.20. The topological polar surface area (TPSA) is 66.5 Å². The number of sulfone groups is 1. The van der Waals surface area contributed by atoms with Crippen LogP contribution in [0.2, 0.25) is 0 Å². The predicted octanol–water partition coefficient (Wildman–Crippen LogP) is 2.38. The Balaban J connectivity index is 2.82. The van der Waals surface area contributed by atoms with Crippen molar-refractivity contribution in [1.29, 1.82) is 0 Å². The van der Waals surface area contributed by atoms with Crippen LogP contribution < -0.4 is 10.2 Å². The molecule has 0 heterocycles. The summed E-state index contributed by atoms with van der Waals surface area (Å²) in [6.45, 7) is 11.2. The number of rotatable bonds is 8. The van der Waals surface area contributed by atoms with Crippen molar-refractivity contribution in [3.8, 4) is 0 Å². The molecular formula is C16H24N2O3S. The van der Waals surface area contributed by atoms with Crippen LogP contribution in [0.3, 0.4) is 0 Å². The van der Waals surface area contributed by atoms with Crippen LogP contribution in [0.1, 0.15) is 19.4 Å². The molecule has 1 amide bonds. The molecule has 5 nitrogen and oxygen atoms in total. The SMILES string of the molecule is C=CCS(=O)(=O)CC(=O)Nc1ccc(N(CC)CC)cc1C. The van der Waals surface area contributed by atoms with Gasteiger partial charge in [-0.05, 0) is 44.5 Å². The van der Waals surface area contributed by atoms with Crippen LogP contribution in [0.25, 0.3) is 0 Å². The summed E-state index contributed by atoms with van der Waals surface area (Å²) in [5.74, 6) is -1.25. The Hall–Kier alpha value is -1.82. The number of aryl methyl sites for hydroxylation is 1. The van der Waals surface area contributed by atoms with Crippen LogP contribution in [0.15, 0.2) is 30.9 Å². The highest BCUT2D eigenvalue weighted by atomic mass is 32.2. The van der Waals surface area contributed by atoms with Crippen molar-refractivity contribution in [2.75, 3.05) is 34.8 Å². The number of amides is 1. The maximum absolute atomic E-state index is 11.9. The van der Waals surface area contributed by atoms with Gasteiger partial charge in [-0.2, -0.15) is 0 Å². The number of carbonyl (C=O) groups excluding carboxylic acids is 1. The van der Waals surface area contributed by atoms with Gasteiger partial charge in [-0.3, -0.25) is 4.79 Å². The number of anilines is 2. The zero-order chi connectivity index (χ0) is 16.8. The summed E-state index contributed by atoms with van der Waals surface area (Å²) in [6, 6.07) is 5.72. The van der Waals surface area contributed by atoms with Crippen molar-refractivity contribution >= 4 is 27.1 Å². The third-order valence-corrected chi connectivity index (χ3v) is 4.78. The van der Waals surface area contributed by atoms with Gasteiger partial charge in [-0.25, -0.2) is 8.42 Å². The fraction of sp³-hybridized carbons (Fsp3) is 0.438. The standard InChI is InChI=1S/C16H24N2O3S/c1-5-10-22(20,21)12-16(19)17-15-9-8-14(11-13(15)4)18(6-2)7-3/h5,8-9,11H,1,6-7,10,12H2,2-4H3,(H,17,19). The van der Waals surface area contributed by atoms with Gasteiger partial charge in [0, 0.05) is 24.5 Å². The molecule has 0 bridgehead atoms. The number of hydrogen-bond acceptors (Lipinski definition) is 4. The lowest BCUT2D eigenvalue weighted by Gasteiger charge is -2.22. The van der Waals surface area contributed by atoms with E-state index in [0.717, 1.165) is 24.3 Å². The summed E-state index contributed by atoms with van der Waals surface area (Å²) >= 11 is 0. The molecule has 0 aliphatic carbocycles. The van der Waals surface area contributed by atoms with Gasteiger partial charge in [0.1, 0.15) is 5.75 Å². The Labute approximate surface area is 132 Å². The zero-order valence-corrected chi connectivity index (χ0v) is 14.2. The highest BCUT2D eigenvalue weighted by Crippen LogP contribution is 2.22. The van der Waals surface area contributed by atoms with Crippen LogP contribution in [0, 0.1) is 6.92 Å². The van der Waals surface area contributed by atoms with E-state index in [4.69, 9.17) is 0 Å². The molecule has 0 unspecified atom stereocenters. The van der Waals surface area contributed by atoms with Gasteiger partial charge in [-0.1, -0.05) is 6.08 Å². The van der Waals surface area contributed by atoms with Crippen LogP contribution in [-0.4, -0.2) is 38.9 Å². The average Bonchev–Trinajstić information content (AvgIpc) is 2.42. The zero-order valence-electron chi connectivity index (χ0n) is 13.4. The Bertz CT molecular complexity index is 635. The molecule has 122 valence electrons. The molecule has 0 saturated carbocycles. The summed E-state index contributed by atoms with van der Waals surface area (Å²) in [4.78, 5) is 14.1. The first-order valence-electron chi connectivity index (χ1n) is 7.29. The minimum absolute atomic E-state index is 0.194. The van der Waals surface area contributed by atoms with Crippen LogP contribution in [0.4, 0.5) is 11.4 Å². The summed E-state index contributed by atoms with van der Waals surface area (Å²) in [7, 11) is -3.43. The Kier molecular flexibility index (Phi) is 6.61. The second kappa shape index (κ2) is 7.98. The van der Waals surface area contributed by atoms with Crippen molar-refractivity contribution in [3.05, 3.63) is 36.4 Å². The quantitative estimate of drug-likeness (QED) is 0.746. The van der Waals surface area contributed by atoms with Gasteiger partial charge >= 0.3 is 0 Å². The van der Waals surface area contributed by atoms with E-state index in [2.05, 4.69) is 30.6 Å². The van der Waals surface area contributed by atoms with Gasteiger partial charge in [0.2, 0.25) is 5.91 Å². The summed E-state index contributed by atoms with van der Waals surface area (Å²) in [6.07, 6.45) is 1.28. The number of hydrogen-bond donors (Lipinski definition) is 1. The number of benzene rings is 1. The molecule has 0 aliphatic rings. The van der Waals surface area contributed by atoms with Gasteiger partial charge in [0.05, 0.1) is 5.75 Å². The van der Waals surface area contributed by atoms with Gasteiger partial charge in [0.25, 0.3) is 0 Å². The molecular weight excluding hydrogens is 300 g/mol. The highest BCUT2D eigenvalue weighted by Gasteiger charge is 2.16. The van der Waals surface area contributed by atoms with Crippen LogP contribution in [-0.2, 0) is 14.6 Å². The lowest BCUT2D eigenvalue weighted by molar-refractivity contribution is -0.113. The normalized spacial score (nSPS) is 11.0. The van der Waals surface area contributed by atoms with E-state index in [0.29, 0.717) is 5.69 Å². The van der Waals surface area contributed by atoms with Crippen molar-refractivity contribution in [1.82, 2.24) is 0 Å². The highest BCUT2D eigenvalue weighted by molar-refractivity contribution is 7.92.